The maximum Gasteiger partial charge on any atom is 0.226 e. The van der Waals surface area contributed by atoms with Crippen LogP contribution in [0.1, 0.15) is 19.5 Å². The summed E-state index contributed by atoms with van der Waals surface area (Å²) < 4.78 is 0. The Morgan fingerprint density at radius 2 is 2.19 bits per heavy atom. The Morgan fingerprint density at radius 1 is 1.44 bits per heavy atom. The molecule has 0 aliphatic rings. The zero-order valence-corrected chi connectivity index (χ0v) is 10.1. The second-order valence-corrected chi connectivity index (χ2v) is 4.39. The lowest BCUT2D eigenvalue weighted by atomic mass is 9.92. The summed E-state index contributed by atoms with van der Waals surface area (Å²) in [5.74, 6) is 0.0426. The summed E-state index contributed by atoms with van der Waals surface area (Å²) in [4.78, 5) is 15.7. The van der Waals surface area contributed by atoms with Gasteiger partial charge in [0, 0.05) is 26.3 Å². The van der Waals surface area contributed by atoms with Gasteiger partial charge in [-0.3, -0.25) is 9.78 Å². The lowest BCUT2D eigenvalue weighted by Gasteiger charge is -2.22. The smallest absolute Gasteiger partial charge is 0.226 e. The minimum Gasteiger partial charge on any atom is -0.359 e. The van der Waals surface area contributed by atoms with Gasteiger partial charge in [-0.1, -0.05) is 6.07 Å². The molecule has 1 rings (SSSR count). The predicted molar refractivity (Wildman–Crippen MR) is 63.8 cm³/mol. The maximum absolute atomic E-state index is 11.5. The van der Waals surface area contributed by atoms with Crippen LogP contribution in [0.15, 0.2) is 24.4 Å². The Balaban J connectivity index is 2.38. The number of carbonyl (C=O) groups excluding carboxylic acids is 1. The van der Waals surface area contributed by atoms with Crippen molar-refractivity contribution in [1.29, 1.82) is 0 Å². The molecule has 4 nitrogen and oxygen atoms in total. The molecule has 0 radical (unpaired) electrons. The number of nitrogens with zero attached hydrogens (tertiary/aromatic N) is 1. The van der Waals surface area contributed by atoms with E-state index in [-0.39, 0.29) is 5.91 Å². The van der Waals surface area contributed by atoms with E-state index in [0.29, 0.717) is 13.1 Å². The number of hydrogen-bond donors (Lipinski definition) is 2. The molecule has 0 aliphatic carbocycles. The van der Waals surface area contributed by atoms with E-state index in [0.717, 1.165) is 5.69 Å². The molecule has 1 heterocycles. The Labute approximate surface area is 96.5 Å². The first-order chi connectivity index (χ1) is 7.56. The zero-order valence-electron chi connectivity index (χ0n) is 10.1. The van der Waals surface area contributed by atoms with Crippen LogP contribution in [0.4, 0.5) is 0 Å². The number of hydrogen-bond acceptors (Lipinski definition) is 3. The van der Waals surface area contributed by atoms with Crippen molar-refractivity contribution in [2.45, 2.75) is 20.4 Å². The van der Waals surface area contributed by atoms with Crippen LogP contribution in [-0.4, -0.2) is 24.5 Å². The van der Waals surface area contributed by atoms with E-state index in [1.165, 1.54) is 0 Å². The molecule has 0 aromatic carbocycles. The van der Waals surface area contributed by atoms with Gasteiger partial charge in [-0.15, -0.1) is 0 Å². The van der Waals surface area contributed by atoms with Crippen molar-refractivity contribution in [2.75, 3.05) is 13.6 Å². The molecular formula is C12H19N3O. The van der Waals surface area contributed by atoms with Crippen LogP contribution < -0.4 is 10.6 Å². The van der Waals surface area contributed by atoms with Crippen molar-refractivity contribution >= 4 is 5.91 Å². The quantitative estimate of drug-likeness (QED) is 0.778. The van der Waals surface area contributed by atoms with E-state index in [1.807, 2.05) is 32.0 Å². The third-order valence-electron chi connectivity index (χ3n) is 2.44. The van der Waals surface area contributed by atoms with Gasteiger partial charge in [0.1, 0.15) is 0 Å². The number of amides is 1. The molecule has 2 N–H and O–H groups in total. The Morgan fingerprint density at radius 3 is 2.75 bits per heavy atom. The molecule has 0 unspecified atom stereocenters. The van der Waals surface area contributed by atoms with Gasteiger partial charge < -0.3 is 10.6 Å². The third-order valence-corrected chi connectivity index (χ3v) is 2.44. The summed E-state index contributed by atoms with van der Waals surface area (Å²) in [6.07, 6.45) is 1.76. The highest BCUT2D eigenvalue weighted by Crippen LogP contribution is 2.13. The molecule has 0 saturated heterocycles. The topological polar surface area (TPSA) is 54.0 Å². The summed E-state index contributed by atoms with van der Waals surface area (Å²) in [6.45, 7) is 5.14. The molecular weight excluding hydrogens is 202 g/mol. The van der Waals surface area contributed by atoms with Crippen molar-refractivity contribution in [2.24, 2.45) is 5.41 Å². The monoisotopic (exact) mass is 221 g/mol. The molecule has 88 valence electrons. The molecule has 4 heteroatoms. The van der Waals surface area contributed by atoms with Crippen LogP contribution in [-0.2, 0) is 11.3 Å². The molecule has 1 amide bonds. The normalized spacial score (nSPS) is 11.2. The van der Waals surface area contributed by atoms with Crippen molar-refractivity contribution < 1.29 is 4.79 Å². The molecule has 1 aromatic rings. The van der Waals surface area contributed by atoms with E-state index in [4.69, 9.17) is 0 Å². The SMILES string of the molecule is CNC(=O)C(C)(C)CNCc1ccccn1. The van der Waals surface area contributed by atoms with Crippen LogP contribution in [0.25, 0.3) is 0 Å². The van der Waals surface area contributed by atoms with Gasteiger partial charge in [-0.2, -0.15) is 0 Å². The maximum atomic E-state index is 11.5. The second-order valence-electron chi connectivity index (χ2n) is 4.39. The highest BCUT2D eigenvalue weighted by molar-refractivity contribution is 5.81. The highest BCUT2D eigenvalue weighted by Gasteiger charge is 2.25. The summed E-state index contributed by atoms with van der Waals surface area (Å²) in [7, 11) is 1.66. The van der Waals surface area contributed by atoms with Gasteiger partial charge >= 0.3 is 0 Å². The van der Waals surface area contributed by atoms with Crippen molar-refractivity contribution in [3.05, 3.63) is 30.1 Å². The molecule has 0 saturated carbocycles. The molecule has 0 bridgehead atoms. The van der Waals surface area contributed by atoms with E-state index >= 15 is 0 Å². The summed E-state index contributed by atoms with van der Waals surface area (Å²) in [5.41, 5.74) is 0.582. The number of rotatable bonds is 5. The predicted octanol–water partition coefficient (Wildman–Crippen LogP) is 0.943. The van der Waals surface area contributed by atoms with E-state index < -0.39 is 5.41 Å². The van der Waals surface area contributed by atoms with Gasteiger partial charge in [0.2, 0.25) is 5.91 Å². The number of aromatic nitrogens is 1. The van der Waals surface area contributed by atoms with Crippen molar-refractivity contribution in [3.8, 4) is 0 Å². The van der Waals surface area contributed by atoms with E-state index in [2.05, 4.69) is 15.6 Å². The molecule has 0 spiro atoms. The zero-order chi connectivity index (χ0) is 12.0. The van der Waals surface area contributed by atoms with Crippen molar-refractivity contribution in [1.82, 2.24) is 15.6 Å². The first kappa shape index (κ1) is 12.6. The fraction of sp³-hybridized carbons (Fsp3) is 0.500. The average Bonchev–Trinajstić information content (AvgIpc) is 2.29. The average molecular weight is 221 g/mol. The second kappa shape index (κ2) is 5.61. The van der Waals surface area contributed by atoms with Crippen LogP contribution in [0.2, 0.25) is 0 Å². The molecule has 16 heavy (non-hydrogen) atoms. The summed E-state index contributed by atoms with van der Waals surface area (Å²) in [5, 5.41) is 5.89. The first-order valence-electron chi connectivity index (χ1n) is 5.39. The first-order valence-corrected chi connectivity index (χ1v) is 5.39. The van der Waals surface area contributed by atoms with Crippen molar-refractivity contribution in [3.63, 3.8) is 0 Å². The fourth-order valence-corrected chi connectivity index (χ4v) is 1.42. The minimum atomic E-state index is -0.399. The van der Waals surface area contributed by atoms with Gasteiger partial charge in [0.05, 0.1) is 11.1 Å². The van der Waals surface area contributed by atoms with Gasteiger partial charge in [-0.25, -0.2) is 0 Å². The minimum absolute atomic E-state index is 0.0426. The van der Waals surface area contributed by atoms with Gasteiger partial charge in [-0.05, 0) is 26.0 Å². The largest absolute Gasteiger partial charge is 0.359 e. The summed E-state index contributed by atoms with van der Waals surface area (Å²) in [6, 6.07) is 5.80. The third kappa shape index (κ3) is 3.62. The lowest BCUT2D eigenvalue weighted by Crippen LogP contribution is -2.41. The number of carbonyl (C=O) groups is 1. The highest BCUT2D eigenvalue weighted by atomic mass is 16.2. The molecule has 0 atom stereocenters. The number of nitrogens with one attached hydrogen (secondary N) is 2. The van der Waals surface area contributed by atoms with E-state index in [1.54, 1.807) is 13.2 Å². The van der Waals surface area contributed by atoms with Crippen LogP contribution in [0.5, 0.6) is 0 Å². The standard InChI is InChI=1S/C12H19N3O/c1-12(2,11(16)13-3)9-14-8-10-6-4-5-7-15-10/h4-7,14H,8-9H2,1-3H3,(H,13,16). The van der Waals surface area contributed by atoms with Crippen LogP contribution >= 0.6 is 0 Å². The van der Waals surface area contributed by atoms with Gasteiger partial charge in [0.15, 0.2) is 0 Å². The lowest BCUT2D eigenvalue weighted by molar-refractivity contribution is -0.128. The van der Waals surface area contributed by atoms with Crippen LogP contribution in [0.3, 0.4) is 0 Å². The Bertz CT molecular complexity index is 335. The molecule has 1 aromatic heterocycles. The van der Waals surface area contributed by atoms with E-state index in [9.17, 15) is 4.79 Å². The molecule has 0 fully saturated rings. The Hall–Kier alpha value is -1.42. The van der Waals surface area contributed by atoms with Gasteiger partial charge in [0.25, 0.3) is 0 Å². The number of pyridine rings is 1. The van der Waals surface area contributed by atoms with Crippen LogP contribution in [0, 0.1) is 5.41 Å². The Kier molecular flexibility index (Phi) is 4.43. The summed E-state index contributed by atoms with van der Waals surface area (Å²) >= 11 is 0. The fourth-order valence-electron chi connectivity index (χ4n) is 1.42. The molecule has 0 aliphatic heterocycles.